The zero-order valence-corrected chi connectivity index (χ0v) is 17.6. The molecular formula is C21H25N5O2S. The Morgan fingerprint density at radius 1 is 1.10 bits per heavy atom. The van der Waals surface area contributed by atoms with E-state index in [1.54, 1.807) is 11.6 Å². The Morgan fingerprint density at radius 3 is 2.55 bits per heavy atom. The number of hydrogen-bond acceptors (Lipinski definition) is 5. The van der Waals surface area contributed by atoms with Gasteiger partial charge >= 0.3 is 0 Å². The van der Waals surface area contributed by atoms with Crippen molar-refractivity contribution in [1.82, 2.24) is 18.8 Å². The van der Waals surface area contributed by atoms with Gasteiger partial charge in [-0.05, 0) is 44.5 Å². The summed E-state index contributed by atoms with van der Waals surface area (Å²) in [4.78, 5) is 8.70. The minimum atomic E-state index is -3.57. The first-order valence-electron chi connectivity index (χ1n) is 9.62. The van der Waals surface area contributed by atoms with Crippen molar-refractivity contribution in [2.75, 3.05) is 18.4 Å². The van der Waals surface area contributed by atoms with E-state index in [1.807, 2.05) is 31.2 Å². The summed E-state index contributed by atoms with van der Waals surface area (Å²) in [7, 11) is -1.81. The molecule has 0 saturated carbocycles. The lowest BCUT2D eigenvalue weighted by atomic mass is 10.0. The molecule has 1 fully saturated rings. The van der Waals surface area contributed by atoms with Crippen LogP contribution in [0.4, 0.5) is 11.4 Å². The minimum absolute atomic E-state index is 0.0620. The van der Waals surface area contributed by atoms with Gasteiger partial charge in [-0.25, -0.2) is 13.4 Å². The Kier molecular flexibility index (Phi) is 5.14. The number of benzene rings is 1. The van der Waals surface area contributed by atoms with Gasteiger partial charge in [0.25, 0.3) is 10.0 Å². The maximum absolute atomic E-state index is 12.8. The van der Waals surface area contributed by atoms with E-state index in [-0.39, 0.29) is 10.9 Å². The molecule has 1 aliphatic heterocycles. The second-order valence-electron chi connectivity index (χ2n) is 7.64. The Bertz CT molecular complexity index is 1120. The number of aromatic nitrogens is 3. The van der Waals surface area contributed by atoms with Crippen molar-refractivity contribution in [1.29, 1.82) is 0 Å². The highest BCUT2D eigenvalue weighted by molar-refractivity contribution is 7.89. The fourth-order valence-corrected chi connectivity index (χ4v) is 5.09. The van der Waals surface area contributed by atoms with Crippen LogP contribution in [0.2, 0.25) is 0 Å². The summed E-state index contributed by atoms with van der Waals surface area (Å²) in [5, 5.41) is 3.52. The van der Waals surface area contributed by atoms with Crippen molar-refractivity contribution in [2.45, 2.75) is 31.2 Å². The number of rotatable bonds is 5. The van der Waals surface area contributed by atoms with E-state index in [9.17, 15) is 8.42 Å². The molecule has 3 heterocycles. The second kappa shape index (κ2) is 7.61. The molecule has 1 N–H and O–H groups in total. The monoisotopic (exact) mass is 411 g/mol. The number of pyridine rings is 1. The first kappa shape index (κ1) is 19.6. The Hall–Kier alpha value is -2.71. The molecule has 0 radical (unpaired) electrons. The molecule has 7 nitrogen and oxygen atoms in total. The molecular weight excluding hydrogens is 386 g/mol. The maximum atomic E-state index is 12.8. The quantitative estimate of drug-likeness (QED) is 0.696. The predicted molar refractivity (Wildman–Crippen MR) is 113 cm³/mol. The Balaban J connectivity index is 1.53. The zero-order chi connectivity index (χ0) is 20.6. The average molecular weight is 412 g/mol. The van der Waals surface area contributed by atoms with Crippen LogP contribution in [-0.4, -0.2) is 40.3 Å². The van der Waals surface area contributed by atoms with Crippen molar-refractivity contribution < 1.29 is 8.42 Å². The van der Waals surface area contributed by atoms with Crippen LogP contribution < -0.4 is 5.32 Å². The number of hydrogen-bond donors (Lipinski definition) is 1. The molecule has 152 valence electrons. The van der Waals surface area contributed by atoms with Crippen LogP contribution in [0, 0.1) is 13.8 Å². The van der Waals surface area contributed by atoms with Gasteiger partial charge in [0.1, 0.15) is 0 Å². The number of nitrogens with zero attached hydrogens (tertiary/aromatic N) is 4. The average Bonchev–Trinajstić information content (AvgIpc) is 3.33. The molecule has 0 aliphatic carbocycles. The number of anilines is 2. The van der Waals surface area contributed by atoms with E-state index in [2.05, 4.69) is 34.3 Å². The maximum Gasteiger partial charge on any atom is 0.262 e. The van der Waals surface area contributed by atoms with Gasteiger partial charge in [0, 0.05) is 55.0 Å². The van der Waals surface area contributed by atoms with Gasteiger partial charge in [0.05, 0.1) is 6.33 Å². The highest BCUT2D eigenvalue weighted by Crippen LogP contribution is 2.31. The van der Waals surface area contributed by atoms with Gasteiger partial charge in [-0.1, -0.05) is 17.7 Å². The third-order valence-corrected chi connectivity index (χ3v) is 6.92. The Labute approximate surface area is 171 Å². The van der Waals surface area contributed by atoms with Gasteiger partial charge in [0.15, 0.2) is 5.03 Å². The van der Waals surface area contributed by atoms with Crippen molar-refractivity contribution >= 4 is 21.4 Å². The number of imidazole rings is 1. The molecule has 1 unspecified atom stereocenters. The molecule has 0 spiro atoms. The van der Waals surface area contributed by atoms with E-state index in [0.717, 1.165) is 29.2 Å². The molecule has 1 saturated heterocycles. The van der Waals surface area contributed by atoms with E-state index in [4.69, 9.17) is 0 Å². The number of nitrogens with one attached hydrogen (secondary N) is 1. The van der Waals surface area contributed by atoms with E-state index in [1.165, 1.54) is 22.4 Å². The molecule has 8 heteroatoms. The summed E-state index contributed by atoms with van der Waals surface area (Å²) >= 11 is 0. The van der Waals surface area contributed by atoms with Crippen LogP contribution in [0.1, 0.15) is 29.3 Å². The lowest BCUT2D eigenvalue weighted by Gasteiger charge is -2.16. The van der Waals surface area contributed by atoms with Gasteiger partial charge < -0.3 is 9.88 Å². The summed E-state index contributed by atoms with van der Waals surface area (Å²) in [6.07, 6.45) is 3.79. The molecule has 0 bridgehead atoms. The van der Waals surface area contributed by atoms with Crippen LogP contribution in [0.15, 0.2) is 53.9 Å². The minimum Gasteiger partial charge on any atom is -0.355 e. The van der Waals surface area contributed by atoms with Crippen molar-refractivity contribution in [2.24, 2.45) is 7.05 Å². The van der Waals surface area contributed by atoms with Crippen LogP contribution in [0.25, 0.3) is 0 Å². The first-order chi connectivity index (χ1) is 13.8. The fraction of sp³-hybridized carbons (Fsp3) is 0.333. The first-order valence-corrected chi connectivity index (χ1v) is 11.1. The van der Waals surface area contributed by atoms with Crippen molar-refractivity contribution in [3.05, 3.63) is 65.9 Å². The summed E-state index contributed by atoms with van der Waals surface area (Å²) in [6, 6.07) is 12.2. The smallest absolute Gasteiger partial charge is 0.262 e. The summed E-state index contributed by atoms with van der Waals surface area (Å²) in [5.41, 5.74) is 5.00. The van der Waals surface area contributed by atoms with E-state index in [0.29, 0.717) is 13.1 Å². The molecule has 0 amide bonds. The Morgan fingerprint density at radius 2 is 1.86 bits per heavy atom. The van der Waals surface area contributed by atoms with Crippen LogP contribution >= 0.6 is 0 Å². The lowest BCUT2D eigenvalue weighted by molar-refractivity contribution is 0.469. The number of sulfonamides is 1. The normalized spacial score (nSPS) is 17.6. The molecule has 29 heavy (non-hydrogen) atoms. The van der Waals surface area contributed by atoms with Crippen LogP contribution in [-0.2, 0) is 17.1 Å². The number of aryl methyl sites for hydroxylation is 3. The van der Waals surface area contributed by atoms with Crippen molar-refractivity contribution in [3.8, 4) is 0 Å². The molecule has 1 aromatic carbocycles. The standard InChI is InChI=1S/C21H25N5O2S/c1-15-4-6-18(7-5-15)24-19-10-16(2)23-20(11-19)17-8-9-26(12-17)29(27,28)21-13-25(3)14-22-21/h4-7,10-11,13-14,17H,8-9,12H2,1-3H3,(H,23,24). The van der Waals surface area contributed by atoms with Gasteiger partial charge in [-0.3, -0.25) is 4.98 Å². The molecule has 2 aromatic heterocycles. The van der Waals surface area contributed by atoms with Gasteiger partial charge in [-0.15, -0.1) is 0 Å². The van der Waals surface area contributed by atoms with Crippen LogP contribution in [0.5, 0.6) is 0 Å². The summed E-state index contributed by atoms with van der Waals surface area (Å²) in [6.45, 7) is 4.91. The highest BCUT2D eigenvalue weighted by atomic mass is 32.2. The SMILES string of the molecule is Cc1ccc(Nc2cc(C)nc(C3CCN(S(=O)(=O)c4cn(C)cn4)C3)c2)cc1. The largest absolute Gasteiger partial charge is 0.355 e. The predicted octanol–water partition coefficient (Wildman–Crippen LogP) is 3.35. The molecule has 3 aromatic rings. The lowest BCUT2D eigenvalue weighted by Crippen LogP contribution is -2.29. The molecule has 1 atom stereocenters. The van der Waals surface area contributed by atoms with Gasteiger partial charge in [0.2, 0.25) is 0 Å². The molecule has 1 aliphatic rings. The van der Waals surface area contributed by atoms with Crippen molar-refractivity contribution in [3.63, 3.8) is 0 Å². The highest BCUT2D eigenvalue weighted by Gasteiger charge is 2.35. The fourth-order valence-electron chi connectivity index (χ4n) is 3.62. The van der Waals surface area contributed by atoms with E-state index >= 15 is 0 Å². The topological polar surface area (TPSA) is 80.1 Å². The summed E-state index contributed by atoms with van der Waals surface area (Å²) < 4.78 is 28.8. The third kappa shape index (κ3) is 4.18. The zero-order valence-electron chi connectivity index (χ0n) is 16.8. The van der Waals surface area contributed by atoms with E-state index < -0.39 is 10.0 Å². The summed E-state index contributed by atoms with van der Waals surface area (Å²) in [5.74, 6) is 0.0620. The van der Waals surface area contributed by atoms with Gasteiger partial charge in [-0.2, -0.15) is 4.31 Å². The second-order valence-corrected chi connectivity index (χ2v) is 9.52. The third-order valence-electron chi connectivity index (χ3n) is 5.17. The molecule has 4 rings (SSSR count). The van der Waals surface area contributed by atoms with Crippen LogP contribution in [0.3, 0.4) is 0 Å².